The zero-order valence-corrected chi connectivity index (χ0v) is 12.5. The van der Waals surface area contributed by atoms with Gasteiger partial charge in [-0.05, 0) is 6.42 Å². The Morgan fingerprint density at radius 2 is 2.05 bits per heavy atom. The molecule has 0 bridgehead atoms. The van der Waals surface area contributed by atoms with Crippen molar-refractivity contribution < 1.29 is 14.3 Å². The van der Waals surface area contributed by atoms with E-state index in [2.05, 4.69) is 15.5 Å². The number of ether oxygens (including phenoxy) is 1. The number of likely N-dealkylation sites (N-methyl/N-ethyl adjacent to an activating group) is 1. The van der Waals surface area contributed by atoms with Gasteiger partial charge in [0, 0.05) is 53.5 Å². The number of methoxy groups -OCH3 is 1. The Hall–Kier alpha value is -1.18. The molecule has 0 aliphatic carbocycles. The lowest BCUT2D eigenvalue weighted by Crippen LogP contribution is -2.49. The van der Waals surface area contributed by atoms with E-state index in [4.69, 9.17) is 4.74 Å². The third-order valence-electron chi connectivity index (χ3n) is 3.22. The predicted octanol–water partition coefficient (Wildman–Crippen LogP) is -1.50. The van der Waals surface area contributed by atoms with Crippen LogP contribution in [0.1, 0.15) is 6.42 Å². The predicted molar refractivity (Wildman–Crippen MR) is 76.4 cm³/mol. The molecule has 1 aliphatic heterocycles. The molecule has 0 aromatic carbocycles. The molecule has 2 N–H and O–H groups in total. The Labute approximate surface area is 120 Å². The summed E-state index contributed by atoms with van der Waals surface area (Å²) < 4.78 is 4.90. The fraction of sp³-hybridized carbons (Fsp3) is 0.846. The molecule has 0 spiro atoms. The van der Waals surface area contributed by atoms with E-state index >= 15 is 0 Å². The molecule has 1 rings (SSSR count). The smallest absolute Gasteiger partial charge is 0.239 e. The van der Waals surface area contributed by atoms with Crippen LogP contribution >= 0.6 is 0 Å². The van der Waals surface area contributed by atoms with E-state index in [0.29, 0.717) is 19.7 Å². The van der Waals surface area contributed by atoms with Crippen molar-refractivity contribution >= 4 is 11.8 Å². The van der Waals surface area contributed by atoms with Crippen LogP contribution in [0.4, 0.5) is 0 Å². The van der Waals surface area contributed by atoms with Crippen molar-refractivity contribution in [3.8, 4) is 0 Å². The second-order valence-corrected chi connectivity index (χ2v) is 4.97. The van der Waals surface area contributed by atoms with Gasteiger partial charge in [-0.1, -0.05) is 0 Å². The Bertz CT molecular complexity index is 306. The lowest BCUT2D eigenvalue weighted by atomic mass is 10.3. The summed E-state index contributed by atoms with van der Waals surface area (Å²) in [4.78, 5) is 27.2. The average molecular weight is 286 g/mol. The topological polar surface area (TPSA) is 73.9 Å². The van der Waals surface area contributed by atoms with Crippen LogP contribution in [0.2, 0.25) is 0 Å². The fourth-order valence-electron chi connectivity index (χ4n) is 1.99. The summed E-state index contributed by atoms with van der Waals surface area (Å²) in [5.41, 5.74) is 0. The number of carbonyl (C=O) groups is 2. The molecule has 7 heteroatoms. The lowest BCUT2D eigenvalue weighted by molar-refractivity contribution is -0.135. The number of amides is 2. The summed E-state index contributed by atoms with van der Waals surface area (Å²) in [5.74, 6) is -0.142. The molecule has 0 radical (unpaired) electrons. The number of carbonyl (C=O) groups excluding carboxylic acids is 2. The van der Waals surface area contributed by atoms with Gasteiger partial charge in [0.15, 0.2) is 0 Å². The standard InChI is InChI=1S/C13H26N4O3/c1-16(10-12(18)15-4-3-9-20-2)13(19)11-17-7-5-14-6-8-17/h14H,3-11H2,1-2H3,(H,15,18). The number of nitrogens with one attached hydrogen (secondary N) is 2. The van der Waals surface area contributed by atoms with Gasteiger partial charge in [0.05, 0.1) is 13.1 Å². The van der Waals surface area contributed by atoms with E-state index in [0.717, 1.165) is 32.6 Å². The Morgan fingerprint density at radius 1 is 1.35 bits per heavy atom. The van der Waals surface area contributed by atoms with Gasteiger partial charge in [-0.15, -0.1) is 0 Å². The van der Waals surface area contributed by atoms with E-state index in [-0.39, 0.29) is 18.4 Å². The van der Waals surface area contributed by atoms with E-state index in [1.807, 2.05) is 0 Å². The maximum absolute atomic E-state index is 12.0. The van der Waals surface area contributed by atoms with Gasteiger partial charge in [0.2, 0.25) is 11.8 Å². The van der Waals surface area contributed by atoms with Crippen molar-refractivity contribution in [2.45, 2.75) is 6.42 Å². The zero-order chi connectivity index (χ0) is 14.8. The van der Waals surface area contributed by atoms with Crippen molar-refractivity contribution in [2.24, 2.45) is 0 Å². The van der Waals surface area contributed by atoms with Gasteiger partial charge >= 0.3 is 0 Å². The van der Waals surface area contributed by atoms with Crippen LogP contribution in [-0.4, -0.2) is 88.2 Å². The van der Waals surface area contributed by atoms with Crippen LogP contribution in [0.25, 0.3) is 0 Å². The molecule has 0 saturated carbocycles. The number of hydrogen-bond donors (Lipinski definition) is 2. The molecule has 1 aliphatic rings. The quantitative estimate of drug-likeness (QED) is 0.532. The first-order chi connectivity index (χ1) is 9.63. The van der Waals surface area contributed by atoms with Crippen LogP contribution in [0.15, 0.2) is 0 Å². The molecular formula is C13H26N4O3. The van der Waals surface area contributed by atoms with E-state index in [1.165, 1.54) is 4.90 Å². The number of nitrogens with zero attached hydrogens (tertiary/aromatic N) is 2. The third kappa shape index (κ3) is 6.83. The zero-order valence-electron chi connectivity index (χ0n) is 12.5. The maximum atomic E-state index is 12.0. The van der Waals surface area contributed by atoms with Crippen LogP contribution in [-0.2, 0) is 14.3 Å². The normalized spacial score (nSPS) is 15.9. The van der Waals surface area contributed by atoms with Gasteiger partial charge in [-0.2, -0.15) is 0 Å². The number of hydrogen-bond acceptors (Lipinski definition) is 5. The maximum Gasteiger partial charge on any atom is 0.239 e. The van der Waals surface area contributed by atoms with Crippen molar-refractivity contribution in [3.63, 3.8) is 0 Å². The SMILES string of the molecule is COCCCNC(=O)CN(C)C(=O)CN1CCNCC1. The number of rotatable bonds is 8. The highest BCUT2D eigenvalue weighted by molar-refractivity contribution is 5.85. The molecule has 0 aromatic rings. The molecule has 1 fully saturated rings. The molecule has 1 heterocycles. The van der Waals surface area contributed by atoms with E-state index in [9.17, 15) is 9.59 Å². The monoisotopic (exact) mass is 286 g/mol. The molecule has 0 atom stereocenters. The highest BCUT2D eigenvalue weighted by atomic mass is 16.5. The van der Waals surface area contributed by atoms with Gasteiger partial charge < -0.3 is 20.3 Å². The highest BCUT2D eigenvalue weighted by Gasteiger charge is 2.17. The first-order valence-electron chi connectivity index (χ1n) is 7.06. The third-order valence-corrected chi connectivity index (χ3v) is 3.22. The van der Waals surface area contributed by atoms with Crippen LogP contribution in [0.5, 0.6) is 0 Å². The van der Waals surface area contributed by atoms with Gasteiger partial charge in [-0.3, -0.25) is 14.5 Å². The lowest BCUT2D eigenvalue weighted by Gasteiger charge is -2.28. The molecule has 0 unspecified atom stereocenters. The van der Waals surface area contributed by atoms with E-state index < -0.39 is 0 Å². The Balaban J connectivity index is 2.17. The van der Waals surface area contributed by atoms with Crippen LogP contribution in [0.3, 0.4) is 0 Å². The summed E-state index contributed by atoms with van der Waals surface area (Å²) in [6, 6.07) is 0. The van der Waals surface area contributed by atoms with Crippen molar-refractivity contribution in [2.75, 3.05) is 66.6 Å². The van der Waals surface area contributed by atoms with E-state index in [1.54, 1.807) is 14.2 Å². The first-order valence-corrected chi connectivity index (χ1v) is 7.06. The van der Waals surface area contributed by atoms with Crippen molar-refractivity contribution in [1.29, 1.82) is 0 Å². The number of piperazine rings is 1. The summed E-state index contributed by atoms with van der Waals surface area (Å²) in [6.45, 7) is 5.27. The summed E-state index contributed by atoms with van der Waals surface area (Å²) in [7, 11) is 3.30. The first kappa shape index (κ1) is 16.9. The summed E-state index contributed by atoms with van der Waals surface area (Å²) in [5, 5.41) is 6.01. The van der Waals surface area contributed by atoms with Gasteiger partial charge in [0.25, 0.3) is 0 Å². The van der Waals surface area contributed by atoms with Crippen LogP contribution < -0.4 is 10.6 Å². The van der Waals surface area contributed by atoms with Crippen LogP contribution in [0, 0.1) is 0 Å². The minimum atomic E-state index is -0.128. The van der Waals surface area contributed by atoms with Crippen molar-refractivity contribution in [3.05, 3.63) is 0 Å². The molecular weight excluding hydrogens is 260 g/mol. The largest absolute Gasteiger partial charge is 0.385 e. The molecule has 116 valence electrons. The van der Waals surface area contributed by atoms with Gasteiger partial charge in [0.1, 0.15) is 0 Å². The second kappa shape index (κ2) is 9.68. The molecule has 0 aromatic heterocycles. The second-order valence-electron chi connectivity index (χ2n) is 4.97. The minimum Gasteiger partial charge on any atom is -0.385 e. The Kier molecular flexibility index (Phi) is 8.17. The minimum absolute atomic E-state index is 0.0149. The molecule has 7 nitrogen and oxygen atoms in total. The molecule has 20 heavy (non-hydrogen) atoms. The summed E-state index contributed by atoms with van der Waals surface area (Å²) in [6.07, 6.45) is 0.778. The highest BCUT2D eigenvalue weighted by Crippen LogP contribution is 1.95. The fourth-order valence-corrected chi connectivity index (χ4v) is 1.99. The van der Waals surface area contributed by atoms with Gasteiger partial charge in [-0.25, -0.2) is 0 Å². The van der Waals surface area contributed by atoms with Crippen molar-refractivity contribution in [1.82, 2.24) is 20.4 Å². The average Bonchev–Trinajstić information content (AvgIpc) is 2.44. The Morgan fingerprint density at radius 3 is 2.70 bits per heavy atom. The summed E-state index contributed by atoms with van der Waals surface area (Å²) >= 11 is 0. The molecule has 2 amide bonds. The molecule has 1 saturated heterocycles.